The van der Waals surface area contributed by atoms with E-state index in [9.17, 15) is 31.5 Å². The predicted molar refractivity (Wildman–Crippen MR) is 162 cm³/mol. The number of methoxy groups -OCH3 is 1. The molecule has 5 rings (SSSR count). The van der Waals surface area contributed by atoms with Crippen molar-refractivity contribution in [3.8, 4) is 5.75 Å². The number of nitrogens with two attached hydrogens (primary N) is 1. The minimum Gasteiger partial charge on any atom is -0.496 e. The summed E-state index contributed by atoms with van der Waals surface area (Å²) in [6, 6.07) is 8.89. The number of piperazine rings is 1. The number of hydrogen-bond donors (Lipinski definition) is 1. The number of ether oxygens (including phenoxy) is 1. The molecule has 0 spiro atoms. The van der Waals surface area contributed by atoms with E-state index in [4.69, 9.17) is 10.5 Å². The smallest absolute Gasteiger partial charge is 0.416 e. The summed E-state index contributed by atoms with van der Waals surface area (Å²) in [5.74, 6) is -1.55. The van der Waals surface area contributed by atoms with Gasteiger partial charge in [-0.3, -0.25) is 23.8 Å². The molecule has 1 fully saturated rings. The van der Waals surface area contributed by atoms with E-state index in [2.05, 4.69) is 9.88 Å². The van der Waals surface area contributed by atoms with Crippen molar-refractivity contribution in [3.05, 3.63) is 121 Å². The molecule has 1 unspecified atom stereocenters. The topological polar surface area (TPSA) is 98.6 Å². The number of anilines is 1. The summed E-state index contributed by atoms with van der Waals surface area (Å²) < 4.78 is 77.9. The molecule has 9 nitrogen and oxygen atoms in total. The molecule has 1 aliphatic rings. The molecule has 4 aromatic rings. The van der Waals surface area contributed by atoms with E-state index in [1.807, 2.05) is 12.1 Å². The number of aromatic nitrogens is 3. The Morgan fingerprint density at radius 2 is 1.72 bits per heavy atom. The fraction of sp³-hybridized carbons (Fsp3) is 0.344. The number of halogens is 5. The molecule has 2 aromatic heterocycles. The Balaban J connectivity index is 1.58. The quantitative estimate of drug-likeness (QED) is 0.274. The maximum absolute atomic E-state index is 15.0. The summed E-state index contributed by atoms with van der Waals surface area (Å²) in [4.78, 5) is 36.0. The van der Waals surface area contributed by atoms with E-state index in [1.165, 1.54) is 26.2 Å². The van der Waals surface area contributed by atoms with Crippen LogP contribution in [0.25, 0.3) is 0 Å². The zero-order valence-electron chi connectivity index (χ0n) is 25.2. The Bertz CT molecular complexity index is 1820. The molecule has 0 amide bonds. The lowest BCUT2D eigenvalue weighted by atomic mass is 10.1. The van der Waals surface area contributed by atoms with Crippen molar-refractivity contribution in [1.82, 2.24) is 19.0 Å². The summed E-state index contributed by atoms with van der Waals surface area (Å²) in [5, 5.41) is 0. The summed E-state index contributed by atoms with van der Waals surface area (Å²) in [7, 11) is 1.35. The second-order valence-electron chi connectivity index (χ2n) is 11.1. The number of hydrogen-bond acceptors (Lipinski definition) is 7. The van der Waals surface area contributed by atoms with Crippen LogP contribution in [0.5, 0.6) is 5.75 Å². The SMILES string of the molecule is COc1ccc(F)cc1C(N)Cn1c(=O)c(N2CCN(Cc3cccnc3)CC2)c(C)n(Cc2c(F)cccc2C(F)(F)F)c1=O. The number of benzene rings is 2. The van der Waals surface area contributed by atoms with Gasteiger partial charge in [0.25, 0.3) is 5.56 Å². The summed E-state index contributed by atoms with van der Waals surface area (Å²) in [6.45, 7) is 2.65. The molecule has 46 heavy (non-hydrogen) atoms. The molecule has 0 bridgehead atoms. The Morgan fingerprint density at radius 1 is 0.978 bits per heavy atom. The Morgan fingerprint density at radius 3 is 2.37 bits per heavy atom. The third-order valence-electron chi connectivity index (χ3n) is 8.19. The first kappa shape index (κ1) is 32.8. The fourth-order valence-electron chi connectivity index (χ4n) is 5.81. The van der Waals surface area contributed by atoms with Crippen LogP contribution in [0.1, 0.15) is 34.0 Å². The highest BCUT2D eigenvalue weighted by Crippen LogP contribution is 2.34. The van der Waals surface area contributed by atoms with Crippen molar-refractivity contribution < 1.29 is 26.7 Å². The van der Waals surface area contributed by atoms with Gasteiger partial charge in [-0.15, -0.1) is 0 Å². The number of pyridine rings is 1. The molecule has 0 aliphatic carbocycles. The second kappa shape index (κ2) is 13.4. The first-order chi connectivity index (χ1) is 21.9. The van der Waals surface area contributed by atoms with Gasteiger partial charge in [0, 0.05) is 61.9 Å². The van der Waals surface area contributed by atoms with Crippen LogP contribution in [0.2, 0.25) is 0 Å². The monoisotopic (exact) mass is 644 g/mol. The standard InChI is InChI=1S/C32H33F5N6O3/c1-20-29(41-13-11-40(12-14-41)17-21-5-4-10-39-16-21)30(44)43(19-27(38)23-15-22(33)8-9-28(23)46-2)31(45)42(20)18-24-25(32(35,36)37)6-3-7-26(24)34/h3-10,15-16,27H,11-14,17-19,38H2,1-2H3. The normalized spacial score (nSPS) is 14.8. The lowest BCUT2D eigenvalue weighted by molar-refractivity contribution is -0.138. The van der Waals surface area contributed by atoms with E-state index in [0.717, 1.165) is 39.0 Å². The molecule has 14 heteroatoms. The van der Waals surface area contributed by atoms with E-state index in [1.54, 1.807) is 17.3 Å². The molecule has 1 aliphatic heterocycles. The van der Waals surface area contributed by atoms with Crippen LogP contribution in [0, 0.1) is 18.6 Å². The third-order valence-corrected chi connectivity index (χ3v) is 8.19. The Labute approximate surface area is 261 Å². The highest BCUT2D eigenvalue weighted by Gasteiger charge is 2.35. The van der Waals surface area contributed by atoms with Crippen LogP contribution in [-0.4, -0.2) is 52.3 Å². The van der Waals surface area contributed by atoms with Crippen LogP contribution in [0.15, 0.2) is 70.5 Å². The summed E-state index contributed by atoms with van der Waals surface area (Å²) >= 11 is 0. The molecule has 1 atom stereocenters. The average molecular weight is 645 g/mol. The molecule has 2 N–H and O–H groups in total. The zero-order chi connectivity index (χ0) is 33.2. The Hall–Kier alpha value is -4.56. The van der Waals surface area contributed by atoms with Gasteiger partial charge >= 0.3 is 11.9 Å². The first-order valence-corrected chi connectivity index (χ1v) is 14.5. The number of nitrogens with zero attached hydrogens (tertiary/aromatic N) is 5. The summed E-state index contributed by atoms with van der Waals surface area (Å²) in [6.07, 6.45) is -1.45. The highest BCUT2D eigenvalue weighted by atomic mass is 19.4. The first-order valence-electron chi connectivity index (χ1n) is 14.5. The third kappa shape index (κ3) is 6.82. The fourth-order valence-corrected chi connectivity index (χ4v) is 5.81. The van der Waals surface area contributed by atoms with Crippen molar-refractivity contribution in [1.29, 1.82) is 0 Å². The maximum Gasteiger partial charge on any atom is 0.416 e. The van der Waals surface area contributed by atoms with Gasteiger partial charge in [-0.2, -0.15) is 13.2 Å². The zero-order valence-corrected chi connectivity index (χ0v) is 25.2. The van der Waals surface area contributed by atoms with Gasteiger partial charge in [-0.1, -0.05) is 12.1 Å². The molecular weight excluding hydrogens is 611 g/mol. The van der Waals surface area contributed by atoms with Crippen LogP contribution >= 0.6 is 0 Å². The van der Waals surface area contributed by atoms with E-state index in [-0.39, 0.29) is 22.7 Å². The predicted octanol–water partition coefficient (Wildman–Crippen LogP) is 4.09. The van der Waals surface area contributed by atoms with Crippen LogP contribution in [0.3, 0.4) is 0 Å². The maximum atomic E-state index is 15.0. The van der Waals surface area contributed by atoms with Crippen LogP contribution in [0.4, 0.5) is 27.6 Å². The largest absolute Gasteiger partial charge is 0.496 e. The minimum atomic E-state index is -4.90. The van der Waals surface area contributed by atoms with E-state index in [0.29, 0.717) is 32.7 Å². The molecule has 2 aromatic carbocycles. The molecular formula is C32H33F5N6O3. The van der Waals surface area contributed by atoms with E-state index < -0.39 is 59.3 Å². The van der Waals surface area contributed by atoms with Gasteiger partial charge in [0.1, 0.15) is 23.1 Å². The number of rotatable bonds is 9. The Kier molecular flexibility index (Phi) is 9.58. The van der Waals surface area contributed by atoms with Gasteiger partial charge in [-0.05, 0) is 48.9 Å². The molecule has 0 radical (unpaired) electrons. The van der Waals surface area contributed by atoms with Crippen molar-refractivity contribution >= 4 is 5.69 Å². The van der Waals surface area contributed by atoms with Crippen molar-refractivity contribution in [2.75, 3.05) is 38.2 Å². The lowest BCUT2D eigenvalue weighted by Crippen LogP contribution is -2.51. The van der Waals surface area contributed by atoms with Gasteiger partial charge in [0.2, 0.25) is 0 Å². The average Bonchev–Trinajstić information content (AvgIpc) is 3.02. The molecule has 244 valence electrons. The second-order valence-corrected chi connectivity index (χ2v) is 11.1. The van der Waals surface area contributed by atoms with Gasteiger partial charge in [0.15, 0.2) is 0 Å². The van der Waals surface area contributed by atoms with Gasteiger partial charge in [-0.25, -0.2) is 13.6 Å². The molecule has 0 saturated carbocycles. The van der Waals surface area contributed by atoms with Gasteiger partial charge in [0.05, 0.1) is 31.8 Å². The molecule has 1 saturated heterocycles. The summed E-state index contributed by atoms with van der Waals surface area (Å²) in [5.41, 5.74) is 4.08. The van der Waals surface area contributed by atoms with Crippen molar-refractivity contribution in [2.45, 2.75) is 38.8 Å². The highest BCUT2D eigenvalue weighted by molar-refractivity contribution is 5.50. The van der Waals surface area contributed by atoms with E-state index >= 15 is 0 Å². The van der Waals surface area contributed by atoms with Crippen LogP contribution in [-0.2, 0) is 25.8 Å². The number of alkyl halides is 3. The lowest BCUT2D eigenvalue weighted by Gasteiger charge is -2.37. The van der Waals surface area contributed by atoms with Crippen molar-refractivity contribution in [2.24, 2.45) is 5.73 Å². The van der Waals surface area contributed by atoms with Crippen LogP contribution < -0.4 is 26.6 Å². The minimum absolute atomic E-state index is 0.0836. The van der Waals surface area contributed by atoms with Gasteiger partial charge < -0.3 is 15.4 Å². The molecule has 3 heterocycles. The van der Waals surface area contributed by atoms with Crippen molar-refractivity contribution in [3.63, 3.8) is 0 Å².